The van der Waals surface area contributed by atoms with E-state index in [4.69, 9.17) is 16.3 Å². The van der Waals surface area contributed by atoms with E-state index in [2.05, 4.69) is 21.2 Å². The Bertz CT molecular complexity index is 1000. The Morgan fingerprint density at radius 3 is 2.87 bits per heavy atom. The van der Waals surface area contributed by atoms with Gasteiger partial charge in [0.05, 0.1) is 24.0 Å². The predicted molar refractivity (Wildman–Crippen MR) is 123 cm³/mol. The summed E-state index contributed by atoms with van der Waals surface area (Å²) in [6.07, 6.45) is -0.357. The lowest BCUT2D eigenvalue weighted by Gasteiger charge is -2.32. The number of halogens is 1. The van der Waals surface area contributed by atoms with E-state index in [1.165, 1.54) is 11.8 Å². The van der Waals surface area contributed by atoms with Gasteiger partial charge in [0, 0.05) is 17.3 Å². The van der Waals surface area contributed by atoms with Crippen LogP contribution in [0.5, 0.6) is 5.75 Å². The Morgan fingerprint density at radius 2 is 2.13 bits per heavy atom. The fourth-order valence-corrected chi connectivity index (χ4v) is 4.39. The molecule has 2 heterocycles. The molecule has 8 nitrogen and oxygen atoms in total. The minimum atomic E-state index is -0.357. The lowest BCUT2D eigenvalue weighted by atomic mass is 10.0. The van der Waals surface area contributed by atoms with Crippen molar-refractivity contribution < 1.29 is 14.3 Å². The summed E-state index contributed by atoms with van der Waals surface area (Å²) in [6, 6.07) is 14.2. The fourth-order valence-electron chi connectivity index (χ4n) is 3.36. The third kappa shape index (κ3) is 5.01. The van der Waals surface area contributed by atoms with Crippen LogP contribution < -0.4 is 25.8 Å². The van der Waals surface area contributed by atoms with Crippen molar-refractivity contribution in [1.82, 2.24) is 10.9 Å². The van der Waals surface area contributed by atoms with Crippen LogP contribution in [0.2, 0.25) is 5.02 Å². The number of anilines is 2. The number of nitrogens with zero attached hydrogens (tertiary/aromatic N) is 2. The lowest BCUT2D eigenvalue weighted by Crippen LogP contribution is -2.49. The second kappa shape index (κ2) is 9.69. The quantitative estimate of drug-likeness (QED) is 0.615. The molecule has 2 aromatic carbocycles. The van der Waals surface area contributed by atoms with E-state index in [1.54, 1.807) is 29.2 Å². The van der Waals surface area contributed by atoms with Gasteiger partial charge in [0.25, 0.3) is 0 Å². The number of carbonyl (C=O) groups excluding carboxylic acids is 2. The van der Waals surface area contributed by atoms with Crippen molar-refractivity contribution in [3.05, 3.63) is 53.6 Å². The Balaban J connectivity index is 1.51. The molecule has 0 aromatic heterocycles. The highest BCUT2D eigenvalue weighted by Crippen LogP contribution is 2.30. The minimum absolute atomic E-state index is 0.0700. The van der Waals surface area contributed by atoms with Crippen molar-refractivity contribution in [2.45, 2.75) is 13.1 Å². The molecule has 0 radical (unpaired) electrons. The summed E-state index contributed by atoms with van der Waals surface area (Å²) in [6.45, 7) is 2.97. The molecule has 0 saturated carbocycles. The van der Waals surface area contributed by atoms with Crippen LogP contribution in [0, 0.1) is 5.92 Å². The van der Waals surface area contributed by atoms with Crippen LogP contribution in [0.25, 0.3) is 0 Å². The molecule has 2 aliphatic rings. The summed E-state index contributed by atoms with van der Waals surface area (Å²) in [5, 5.41) is 3.82. The maximum atomic E-state index is 13.2. The number of hydrazine groups is 1. The zero-order valence-electron chi connectivity index (χ0n) is 16.8. The number of amidine groups is 1. The molecular weight excluding hydrogens is 438 g/mol. The Kier molecular flexibility index (Phi) is 6.77. The van der Waals surface area contributed by atoms with E-state index in [0.29, 0.717) is 34.7 Å². The van der Waals surface area contributed by atoms with Crippen LogP contribution >= 0.6 is 23.4 Å². The molecule has 2 aliphatic heterocycles. The van der Waals surface area contributed by atoms with E-state index in [0.717, 1.165) is 5.75 Å². The first-order valence-electron chi connectivity index (χ1n) is 9.86. The van der Waals surface area contributed by atoms with Crippen LogP contribution in [0.1, 0.15) is 6.92 Å². The summed E-state index contributed by atoms with van der Waals surface area (Å²) in [5.41, 5.74) is 7.30. The minimum Gasteiger partial charge on any atom is -0.494 e. The predicted octanol–water partition coefficient (Wildman–Crippen LogP) is 2.86. The van der Waals surface area contributed by atoms with E-state index in [9.17, 15) is 9.59 Å². The molecule has 2 amide bonds. The SMILES string of the molecule is CCOc1ccc(N2C(=O)C3CNNC3N=C2SCC(=O)Nc2cccc(Cl)c2)cc1. The van der Waals surface area contributed by atoms with Gasteiger partial charge in [0.2, 0.25) is 11.8 Å². The Hall–Kier alpha value is -2.59. The van der Waals surface area contributed by atoms with Crippen molar-refractivity contribution in [3.8, 4) is 5.75 Å². The highest BCUT2D eigenvalue weighted by Gasteiger charge is 2.42. The summed E-state index contributed by atoms with van der Waals surface area (Å²) >= 11 is 7.18. The van der Waals surface area contributed by atoms with Gasteiger partial charge in [0.15, 0.2) is 5.17 Å². The molecule has 0 bridgehead atoms. The maximum Gasteiger partial charge on any atom is 0.241 e. The standard InChI is InChI=1S/C21H22ClN5O3S/c1-2-30-16-8-6-15(7-9-16)27-20(29)17-11-23-26-19(17)25-21(27)31-12-18(28)24-14-5-3-4-13(22)10-14/h3-10,17,19,23,26H,2,11-12H2,1H3,(H,24,28). The molecule has 31 heavy (non-hydrogen) atoms. The number of ether oxygens (including phenoxy) is 1. The van der Waals surface area contributed by atoms with Crippen molar-refractivity contribution in [2.75, 3.05) is 29.1 Å². The highest BCUT2D eigenvalue weighted by molar-refractivity contribution is 8.14. The van der Waals surface area contributed by atoms with Gasteiger partial charge in [-0.1, -0.05) is 29.4 Å². The average Bonchev–Trinajstić information content (AvgIpc) is 3.22. The normalized spacial score (nSPS) is 20.3. The molecule has 2 unspecified atom stereocenters. The summed E-state index contributed by atoms with van der Waals surface area (Å²) in [4.78, 5) is 31.9. The number of benzene rings is 2. The maximum absolute atomic E-state index is 13.2. The zero-order chi connectivity index (χ0) is 21.8. The molecule has 1 saturated heterocycles. The number of fused-ring (bicyclic) bond motifs is 1. The lowest BCUT2D eigenvalue weighted by molar-refractivity contribution is -0.121. The van der Waals surface area contributed by atoms with Gasteiger partial charge in [-0.15, -0.1) is 0 Å². The van der Waals surface area contributed by atoms with E-state index >= 15 is 0 Å². The molecule has 3 N–H and O–H groups in total. The number of nitrogens with one attached hydrogen (secondary N) is 3. The fraction of sp³-hybridized carbons (Fsp3) is 0.286. The number of amides is 2. The van der Waals surface area contributed by atoms with Gasteiger partial charge in [-0.3, -0.25) is 19.9 Å². The monoisotopic (exact) mass is 459 g/mol. The Labute approximate surface area is 189 Å². The van der Waals surface area contributed by atoms with E-state index in [1.807, 2.05) is 31.2 Å². The van der Waals surface area contributed by atoms with Gasteiger partial charge in [-0.05, 0) is 49.4 Å². The number of aliphatic imine (C=N–C) groups is 1. The topological polar surface area (TPSA) is 95.1 Å². The first-order valence-corrected chi connectivity index (χ1v) is 11.2. The van der Waals surface area contributed by atoms with E-state index < -0.39 is 0 Å². The highest BCUT2D eigenvalue weighted by atomic mass is 35.5. The smallest absolute Gasteiger partial charge is 0.241 e. The third-order valence-corrected chi connectivity index (χ3v) is 5.97. The van der Waals surface area contributed by atoms with Crippen molar-refractivity contribution in [2.24, 2.45) is 10.9 Å². The molecule has 162 valence electrons. The number of hydrogen-bond donors (Lipinski definition) is 3. The molecule has 0 spiro atoms. The number of thioether (sulfide) groups is 1. The van der Waals surface area contributed by atoms with Gasteiger partial charge < -0.3 is 10.1 Å². The zero-order valence-corrected chi connectivity index (χ0v) is 18.4. The number of hydrogen-bond acceptors (Lipinski definition) is 7. The second-order valence-electron chi connectivity index (χ2n) is 6.94. The van der Waals surface area contributed by atoms with Crippen LogP contribution in [-0.4, -0.2) is 42.1 Å². The molecule has 10 heteroatoms. The largest absolute Gasteiger partial charge is 0.494 e. The van der Waals surface area contributed by atoms with Gasteiger partial charge in [0.1, 0.15) is 11.9 Å². The molecule has 2 aromatic rings. The number of rotatable bonds is 6. The van der Waals surface area contributed by atoms with Crippen LogP contribution in [0.15, 0.2) is 53.5 Å². The van der Waals surface area contributed by atoms with Gasteiger partial charge >= 0.3 is 0 Å². The first-order chi connectivity index (χ1) is 15.0. The molecule has 0 aliphatic carbocycles. The molecular formula is C21H22ClN5O3S. The molecule has 4 rings (SSSR count). The van der Waals surface area contributed by atoms with Gasteiger partial charge in [-0.2, -0.15) is 0 Å². The van der Waals surface area contributed by atoms with Crippen LogP contribution in [-0.2, 0) is 9.59 Å². The first kappa shape index (κ1) is 21.6. The third-order valence-electron chi connectivity index (χ3n) is 4.78. The molecule has 2 atom stereocenters. The van der Waals surface area contributed by atoms with Crippen LogP contribution in [0.4, 0.5) is 11.4 Å². The van der Waals surface area contributed by atoms with Crippen LogP contribution in [0.3, 0.4) is 0 Å². The Morgan fingerprint density at radius 1 is 1.32 bits per heavy atom. The summed E-state index contributed by atoms with van der Waals surface area (Å²) in [5.74, 6) is 0.228. The number of carbonyl (C=O) groups is 2. The average molecular weight is 460 g/mol. The van der Waals surface area contributed by atoms with Crippen molar-refractivity contribution in [1.29, 1.82) is 0 Å². The van der Waals surface area contributed by atoms with E-state index in [-0.39, 0.29) is 29.7 Å². The second-order valence-corrected chi connectivity index (χ2v) is 8.31. The summed E-state index contributed by atoms with van der Waals surface area (Å²) < 4.78 is 5.49. The van der Waals surface area contributed by atoms with Crippen molar-refractivity contribution >= 4 is 51.7 Å². The van der Waals surface area contributed by atoms with Gasteiger partial charge in [-0.25, -0.2) is 10.4 Å². The molecule has 1 fully saturated rings. The van der Waals surface area contributed by atoms with Crippen molar-refractivity contribution in [3.63, 3.8) is 0 Å². The summed E-state index contributed by atoms with van der Waals surface area (Å²) in [7, 11) is 0.